The maximum Gasteiger partial charge on any atom is 0.249 e. The molecular formula is C13H17NO. The third-order valence-corrected chi connectivity index (χ3v) is 2.06. The Morgan fingerprint density at radius 3 is 2.33 bits per heavy atom. The van der Waals surface area contributed by atoms with E-state index in [1.54, 1.807) is 6.07 Å². The van der Waals surface area contributed by atoms with Gasteiger partial charge >= 0.3 is 0 Å². The Bertz CT molecular complexity index is 463. The molecule has 80 valence electrons. The molecule has 0 aliphatic carbocycles. The van der Waals surface area contributed by atoms with Gasteiger partial charge in [-0.3, -0.25) is 4.79 Å². The Labute approximate surface area is 91.2 Å². The summed E-state index contributed by atoms with van der Waals surface area (Å²) in [5.74, 6) is -0.378. The van der Waals surface area contributed by atoms with Gasteiger partial charge in [-0.1, -0.05) is 50.2 Å². The molecule has 0 aliphatic rings. The molecule has 0 saturated carbocycles. The summed E-state index contributed by atoms with van der Waals surface area (Å²) in [4.78, 5) is 11.0. The van der Waals surface area contributed by atoms with Crippen molar-refractivity contribution in [2.24, 2.45) is 5.73 Å². The molecular weight excluding hydrogens is 186 g/mol. The summed E-state index contributed by atoms with van der Waals surface area (Å²) in [5, 5.41) is 1.95. The first kappa shape index (κ1) is 11.2. The van der Waals surface area contributed by atoms with Gasteiger partial charge in [-0.25, -0.2) is 0 Å². The molecule has 0 spiro atoms. The number of nitrogens with two attached hydrogens (primary N) is 1. The maximum atomic E-state index is 11.0. The average molecular weight is 203 g/mol. The van der Waals surface area contributed by atoms with E-state index in [2.05, 4.69) is 0 Å². The van der Waals surface area contributed by atoms with Gasteiger partial charge in [0.05, 0.1) is 0 Å². The van der Waals surface area contributed by atoms with E-state index in [9.17, 15) is 4.79 Å². The number of carbonyl (C=O) groups excluding carboxylic acids is 1. The van der Waals surface area contributed by atoms with Crippen molar-refractivity contribution in [3.63, 3.8) is 0 Å². The van der Waals surface area contributed by atoms with E-state index >= 15 is 0 Å². The molecule has 2 heteroatoms. The molecule has 15 heavy (non-hydrogen) atoms. The number of amides is 1. The summed E-state index contributed by atoms with van der Waals surface area (Å²) in [6.45, 7) is 4.00. The number of rotatable bonds is 1. The lowest BCUT2D eigenvalue weighted by atomic mass is 10.0. The Morgan fingerprint density at radius 1 is 1.07 bits per heavy atom. The van der Waals surface area contributed by atoms with Crippen LogP contribution in [-0.4, -0.2) is 5.91 Å². The average Bonchev–Trinajstić information content (AvgIpc) is 2.31. The Morgan fingerprint density at radius 2 is 1.67 bits per heavy atom. The van der Waals surface area contributed by atoms with Crippen molar-refractivity contribution in [2.45, 2.75) is 13.8 Å². The summed E-state index contributed by atoms with van der Waals surface area (Å²) < 4.78 is 0. The van der Waals surface area contributed by atoms with Gasteiger partial charge in [0.2, 0.25) is 5.91 Å². The number of hydrogen-bond acceptors (Lipinski definition) is 1. The molecule has 0 heterocycles. The number of fused-ring (bicyclic) bond motifs is 1. The highest BCUT2D eigenvalue weighted by Gasteiger charge is 2.03. The Kier molecular flexibility index (Phi) is 3.86. The van der Waals surface area contributed by atoms with E-state index in [-0.39, 0.29) is 7.33 Å². The molecule has 2 aromatic rings. The second kappa shape index (κ2) is 5.15. The predicted molar refractivity (Wildman–Crippen MR) is 65.9 cm³/mol. The normalized spacial score (nSPS) is 9.20. The van der Waals surface area contributed by atoms with Crippen molar-refractivity contribution >= 4 is 16.7 Å². The zero-order chi connectivity index (χ0) is 11.3. The standard InChI is InChI=1S/C11H9NO.C2H6.H2/c12-11(13)10-7-3-5-8-4-1-2-6-9(8)10;1-2;/h1-7H,(H2,12,13);1-2H3;1H. The van der Waals surface area contributed by atoms with Crippen LogP contribution in [0.2, 0.25) is 0 Å². The van der Waals surface area contributed by atoms with Crippen LogP contribution in [0.5, 0.6) is 0 Å². The van der Waals surface area contributed by atoms with E-state index in [4.69, 9.17) is 5.73 Å². The first-order valence-corrected chi connectivity index (χ1v) is 5.06. The number of primary amides is 1. The molecule has 0 fully saturated rings. The molecule has 2 N–H and O–H groups in total. The molecule has 0 atom stereocenters. The smallest absolute Gasteiger partial charge is 0.249 e. The second-order valence-electron chi connectivity index (χ2n) is 2.89. The maximum absolute atomic E-state index is 11.0. The minimum atomic E-state index is -0.378. The van der Waals surface area contributed by atoms with Crippen LogP contribution in [-0.2, 0) is 0 Å². The summed E-state index contributed by atoms with van der Waals surface area (Å²) >= 11 is 0. The van der Waals surface area contributed by atoms with Crippen LogP contribution in [0.25, 0.3) is 10.8 Å². The van der Waals surface area contributed by atoms with Gasteiger partial charge in [-0.15, -0.1) is 0 Å². The lowest BCUT2D eigenvalue weighted by Crippen LogP contribution is -2.11. The Balaban J connectivity index is 0.000000711. The van der Waals surface area contributed by atoms with Gasteiger partial charge in [0.15, 0.2) is 0 Å². The summed E-state index contributed by atoms with van der Waals surface area (Å²) in [5.41, 5.74) is 5.82. The lowest BCUT2D eigenvalue weighted by molar-refractivity contribution is 0.100. The van der Waals surface area contributed by atoms with E-state index in [0.29, 0.717) is 5.56 Å². The number of hydrogen-bond donors (Lipinski definition) is 1. The van der Waals surface area contributed by atoms with Gasteiger partial charge in [0, 0.05) is 6.99 Å². The summed E-state index contributed by atoms with van der Waals surface area (Å²) in [6, 6.07) is 13.2. The molecule has 0 bridgehead atoms. The fourth-order valence-corrected chi connectivity index (χ4v) is 1.44. The van der Waals surface area contributed by atoms with Crippen molar-refractivity contribution < 1.29 is 6.22 Å². The second-order valence-corrected chi connectivity index (χ2v) is 2.89. The van der Waals surface area contributed by atoms with E-state index in [1.165, 1.54) is 0 Å². The van der Waals surface area contributed by atoms with Crippen molar-refractivity contribution in [3.8, 4) is 0 Å². The van der Waals surface area contributed by atoms with Gasteiger partial charge in [-0.05, 0) is 16.8 Å². The highest BCUT2D eigenvalue weighted by Crippen LogP contribution is 2.17. The fraction of sp³-hybridized carbons (Fsp3) is 0.154. The highest BCUT2D eigenvalue weighted by atomic mass is 16.1. The van der Waals surface area contributed by atoms with Crippen LogP contribution >= 0.6 is 0 Å². The summed E-state index contributed by atoms with van der Waals surface area (Å²) in [6.07, 6.45) is 0. The fourth-order valence-electron chi connectivity index (χ4n) is 1.44. The van der Waals surface area contributed by atoms with Crippen molar-refractivity contribution in [1.82, 2.24) is 0 Å². The first-order chi connectivity index (χ1) is 7.29. The quantitative estimate of drug-likeness (QED) is 0.759. The van der Waals surface area contributed by atoms with Gasteiger partial charge in [0.25, 0.3) is 0 Å². The molecule has 0 aliphatic heterocycles. The number of carbonyl (C=O) groups is 1. The van der Waals surface area contributed by atoms with E-state index in [1.807, 2.05) is 50.2 Å². The van der Waals surface area contributed by atoms with Crippen molar-refractivity contribution in [3.05, 3.63) is 48.0 Å². The largest absolute Gasteiger partial charge is 0.366 e. The highest BCUT2D eigenvalue weighted by molar-refractivity contribution is 6.06. The van der Waals surface area contributed by atoms with Crippen LogP contribution in [0.1, 0.15) is 25.6 Å². The van der Waals surface area contributed by atoms with Crippen molar-refractivity contribution in [1.29, 1.82) is 0 Å². The monoisotopic (exact) mass is 203 g/mol. The van der Waals surface area contributed by atoms with Crippen LogP contribution < -0.4 is 5.73 Å². The molecule has 0 aromatic heterocycles. The molecule has 1 amide bonds. The van der Waals surface area contributed by atoms with Crippen LogP contribution in [0.4, 0.5) is 0 Å². The molecule has 0 radical (unpaired) electrons. The lowest BCUT2D eigenvalue weighted by Gasteiger charge is -2.01. The van der Waals surface area contributed by atoms with Crippen LogP contribution in [0.3, 0.4) is 0 Å². The molecule has 2 aromatic carbocycles. The van der Waals surface area contributed by atoms with E-state index < -0.39 is 0 Å². The molecule has 2 nitrogen and oxygen atoms in total. The topological polar surface area (TPSA) is 43.1 Å². The minimum absolute atomic E-state index is 0. The Hall–Kier alpha value is -1.83. The first-order valence-electron chi connectivity index (χ1n) is 5.06. The van der Waals surface area contributed by atoms with Gasteiger partial charge in [-0.2, -0.15) is 0 Å². The van der Waals surface area contributed by atoms with E-state index in [0.717, 1.165) is 10.8 Å². The van der Waals surface area contributed by atoms with Gasteiger partial charge < -0.3 is 5.73 Å². The SMILES string of the molecule is CC.NC(=O)c1cccc2ccccc12.[HH]. The third kappa shape index (κ3) is 2.34. The predicted octanol–water partition coefficient (Wildman–Crippen LogP) is 3.21. The van der Waals surface area contributed by atoms with Crippen LogP contribution in [0.15, 0.2) is 42.5 Å². The number of benzene rings is 2. The van der Waals surface area contributed by atoms with Crippen molar-refractivity contribution in [2.75, 3.05) is 0 Å². The summed E-state index contributed by atoms with van der Waals surface area (Å²) in [7, 11) is 0. The molecule has 0 unspecified atom stereocenters. The molecule has 0 saturated heterocycles. The van der Waals surface area contributed by atoms with Gasteiger partial charge in [0.1, 0.15) is 0 Å². The zero-order valence-corrected chi connectivity index (χ0v) is 9.03. The zero-order valence-electron chi connectivity index (χ0n) is 9.03. The molecule has 2 rings (SSSR count). The minimum Gasteiger partial charge on any atom is -0.366 e. The van der Waals surface area contributed by atoms with Crippen LogP contribution in [0, 0.1) is 0 Å². The third-order valence-electron chi connectivity index (χ3n) is 2.06.